The number of nitrogens with zero attached hydrogens (tertiary/aromatic N) is 3. The molecule has 21 heavy (non-hydrogen) atoms. The van der Waals surface area contributed by atoms with Crippen LogP contribution in [0.25, 0.3) is 0 Å². The van der Waals surface area contributed by atoms with Crippen molar-refractivity contribution >= 4 is 8.07 Å². The van der Waals surface area contributed by atoms with E-state index in [4.69, 9.17) is 9.47 Å². The van der Waals surface area contributed by atoms with Crippen molar-refractivity contribution in [2.75, 3.05) is 26.3 Å². The van der Waals surface area contributed by atoms with Gasteiger partial charge in [0.15, 0.2) is 0 Å². The Kier molecular flexibility index (Phi) is 4.49. The molecule has 0 spiro atoms. The van der Waals surface area contributed by atoms with Crippen molar-refractivity contribution in [3.05, 3.63) is 17.7 Å². The molecular formula is C15H27N3O2Si. The van der Waals surface area contributed by atoms with Crippen molar-refractivity contribution in [3.63, 3.8) is 0 Å². The Morgan fingerprint density at radius 1 is 1.43 bits per heavy atom. The van der Waals surface area contributed by atoms with E-state index in [9.17, 15) is 0 Å². The molecule has 1 aromatic heterocycles. The summed E-state index contributed by atoms with van der Waals surface area (Å²) in [5, 5.41) is 0. The van der Waals surface area contributed by atoms with Crippen LogP contribution in [0.2, 0.25) is 25.7 Å². The molecule has 5 nitrogen and oxygen atoms in total. The summed E-state index contributed by atoms with van der Waals surface area (Å²) in [4.78, 5) is 7.02. The molecule has 0 radical (unpaired) electrons. The van der Waals surface area contributed by atoms with Gasteiger partial charge in [-0.2, -0.15) is 0 Å². The van der Waals surface area contributed by atoms with Gasteiger partial charge in [-0.15, -0.1) is 0 Å². The minimum Gasteiger partial charge on any atom is -0.372 e. The molecule has 0 aromatic carbocycles. The second kappa shape index (κ2) is 6.20. The zero-order valence-electron chi connectivity index (χ0n) is 13.5. The lowest BCUT2D eigenvalue weighted by Crippen LogP contribution is -2.34. The second-order valence-electron chi connectivity index (χ2n) is 7.40. The van der Waals surface area contributed by atoms with Crippen molar-refractivity contribution in [2.45, 2.75) is 51.5 Å². The van der Waals surface area contributed by atoms with Gasteiger partial charge >= 0.3 is 0 Å². The molecule has 1 saturated heterocycles. The summed E-state index contributed by atoms with van der Waals surface area (Å²) >= 11 is 0. The molecule has 0 unspecified atom stereocenters. The highest BCUT2D eigenvalue weighted by Crippen LogP contribution is 2.20. The number of imidazole rings is 1. The standard InChI is InChI=1S/C15H27N3O2Si/c1-21(2,3)7-6-19-12-18-11-16-14-9-17(5-4-15(14)18)8-13-10-20-13/h11,13H,4-10,12H2,1-3H3/t13-/m1/s1. The molecule has 1 atom stereocenters. The van der Waals surface area contributed by atoms with E-state index in [0.29, 0.717) is 12.8 Å². The summed E-state index contributed by atoms with van der Waals surface area (Å²) < 4.78 is 13.3. The maximum absolute atomic E-state index is 5.85. The van der Waals surface area contributed by atoms with Crippen LogP contribution in [0.1, 0.15) is 11.4 Å². The van der Waals surface area contributed by atoms with E-state index in [2.05, 4.69) is 34.1 Å². The molecule has 6 heteroatoms. The van der Waals surface area contributed by atoms with Crippen LogP contribution in [0.15, 0.2) is 6.33 Å². The van der Waals surface area contributed by atoms with E-state index in [1.54, 1.807) is 0 Å². The van der Waals surface area contributed by atoms with Gasteiger partial charge < -0.3 is 14.0 Å². The Labute approximate surface area is 128 Å². The van der Waals surface area contributed by atoms with Gasteiger partial charge in [0.1, 0.15) is 6.73 Å². The number of epoxide rings is 1. The number of hydrogen-bond acceptors (Lipinski definition) is 4. The summed E-state index contributed by atoms with van der Waals surface area (Å²) in [5.41, 5.74) is 2.58. The van der Waals surface area contributed by atoms with Crippen LogP contribution < -0.4 is 0 Å². The third-order valence-corrected chi connectivity index (χ3v) is 5.87. The number of fused-ring (bicyclic) bond motifs is 1. The zero-order chi connectivity index (χ0) is 14.9. The number of hydrogen-bond donors (Lipinski definition) is 0. The molecular weight excluding hydrogens is 282 g/mol. The van der Waals surface area contributed by atoms with Gasteiger partial charge in [0, 0.05) is 46.4 Å². The zero-order valence-corrected chi connectivity index (χ0v) is 14.5. The number of rotatable bonds is 7. The largest absolute Gasteiger partial charge is 0.372 e. The first-order chi connectivity index (χ1) is 10.0. The normalized spacial score (nSPS) is 22.3. The van der Waals surface area contributed by atoms with Crippen molar-refractivity contribution in [1.82, 2.24) is 14.5 Å². The van der Waals surface area contributed by atoms with E-state index in [-0.39, 0.29) is 0 Å². The molecule has 3 rings (SSSR count). The molecule has 0 aliphatic carbocycles. The van der Waals surface area contributed by atoms with Crippen LogP contribution in [0.3, 0.4) is 0 Å². The monoisotopic (exact) mass is 309 g/mol. The van der Waals surface area contributed by atoms with Gasteiger partial charge in [0.2, 0.25) is 0 Å². The summed E-state index contributed by atoms with van der Waals surface area (Å²) in [6, 6.07) is 1.22. The Bertz CT molecular complexity index is 480. The van der Waals surface area contributed by atoms with Crippen LogP contribution in [0.5, 0.6) is 0 Å². The van der Waals surface area contributed by atoms with Crippen molar-refractivity contribution in [1.29, 1.82) is 0 Å². The molecule has 3 heterocycles. The molecule has 1 fully saturated rings. The predicted octanol–water partition coefficient (Wildman–Crippen LogP) is 1.95. The number of ether oxygens (including phenoxy) is 2. The van der Waals surface area contributed by atoms with Gasteiger partial charge in [-0.05, 0) is 6.04 Å². The molecule has 2 aliphatic heterocycles. The molecule has 2 aliphatic rings. The highest BCUT2D eigenvalue weighted by Gasteiger charge is 2.28. The van der Waals surface area contributed by atoms with E-state index < -0.39 is 8.07 Å². The SMILES string of the molecule is C[Si](C)(C)CCOCn1cnc2c1CCN(C[C@@H]1CO1)C2. The average Bonchev–Trinajstić information content (AvgIpc) is 3.13. The first-order valence-electron chi connectivity index (χ1n) is 7.96. The highest BCUT2D eigenvalue weighted by molar-refractivity contribution is 6.76. The van der Waals surface area contributed by atoms with Crippen LogP contribution in [0, 0.1) is 0 Å². The summed E-state index contributed by atoms with van der Waals surface area (Å²) in [7, 11) is -0.995. The lowest BCUT2D eigenvalue weighted by molar-refractivity contribution is 0.0841. The van der Waals surface area contributed by atoms with Crippen LogP contribution in [-0.2, 0) is 29.2 Å². The molecule has 0 N–H and O–H groups in total. The molecule has 0 amide bonds. The van der Waals surface area contributed by atoms with Gasteiger partial charge in [0.05, 0.1) is 24.7 Å². The van der Waals surface area contributed by atoms with Gasteiger partial charge in [0.25, 0.3) is 0 Å². The Morgan fingerprint density at radius 3 is 2.95 bits per heavy atom. The predicted molar refractivity (Wildman–Crippen MR) is 85.1 cm³/mol. The molecule has 118 valence electrons. The maximum Gasteiger partial charge on any atom is 0.124 e. The number of aromatic nitrogens is 2. The second-order valence-corrected chi connectivity index (χ2v) is 13.0. The summed E-state index contributed by atoms with van der Waals surface area (Å²) in [5.74, 6) is 0. The lowest BCUT2D eigenvalue weighted by atomic mass is 10.1. The first kappa shape index (κ1) is 15.2. The minimum atomic E-state index is -0.995. The Hall–Kier alpha value is -0.693. The van der Waals surface area contributed by atoms with Crippen molar-refractivity contribution in [3.8, 4) is 0 Å². The summed E-state index contributed by atoms with van der Waals surface area (Å²) in [6.45, 7) is 12.7. The van der Waals surface area contributed by atoms with Gasteiger partial charge in [-0.3, -0.25) is 4.90 Å². The lowest BCUT2D eigenvalue weighted by Gasteiger charge is -2.26. The van der Waals surface area contributed by atoms with Crippen LogP contribution in [-0.4, -0.2) is 54.9 Å². The fraction of sp³-hybridized carbons (Fsp3) is 0.800. The smallest absolute Gasteiger partial charge is 0.124 e. The van der Waals surface area contributed by atoms with Gasteiger partial charge in [-0.25, -0.2) is 4.98 Å². The van der Waals surface area contributed by atoms with E-state index >= 15 is 0 Å². The van der Waals surface area contributed by atoms with E-state index in [1.165, 1.54) is 17.4 Å². The van der Waals surface area contributed by atoms with E-state index in [1.807, 2.05) is 6.33 Å². The van der Waals surface area contributed by atoms with Crippen molar-refractivity contribution in [2.24, 2.45) is 0 Å². The quantitative estimate of drug-likeness (QED) is 0.439. The Morgan fingerprint density at radius 2 is 2.24 bits per heavy atom. The van der Waals surface area contributed by atoms with E-state index in [0.717, 1.165) is 39.3 Å². The third kappa shape index (κ3) is 4.39. The Balaban J connectivity index is 1.48. The highest BCUT2D eigenvalue weighted by atomic mass is 28.3. The first-order valence-corrected chi connectivity index (χ1v) is 11.7. The van der Waals surface area contributed by atoms with Crippen LogP contribution >= 0.6 is 0 Å². The minimum absolute atomic E-state index is 0.471. The summed E-state index contributed by atoms with van der Waals surface area (Å²) in [6.07, 6.45) is 3.48. The molecule has 0 bridgehead atoms. The molecule has 1 aromatic rings. The van der Waals surface area contributed by atoms with Gasteiger partial charge in [-0.1, -0.05) is 19.6 Å². The fourth-order valence-electron chi connectivity index (χ4n) is 2.69. The van der Waals surface area contributed by atoms with Crippen LogP contribution in [0.4, 0.5) is 0 Å². The van der Waals surface area contributed by atoms with Crippen molar-refractivity contribution < 1.29 is 9.47 Å². The fourth-order valence-corrected chi connectivity index (χ4v) is 3.45. The third-order valence-electron chi connectivity index (χ3n) is 4.16. The average molecular weight is 309 g/mol. The topological polar surface area (TPSA) is 42.8 Å². The maximum atomic E-state index is 5.85. The molecule has 0 saturated carbocycles.